The third kappa shape index (κ3) is 6.46. The smallest absolute Gasteiger partial charge is 0.255 e. The minimum absolute atomic E-state index is 0.111. The Labute approximate surface area is 227 Å². The van der Waals surface area contributed by atoms with Crippen LogP contribution in [0.5, 0.6) is 5.75 Å². The van der Waals surface area contributed by atoms with Gasteiger partial charge in [0.1, 0.15) is 18.4 Å². The Morgan fingerprint density at radius 2 is 1.90 bits per heavy atom. The van der Waals surface area contributed by atoms with Gasteiger partial charge in [-0.1, -0.05) is 24.3 Å². The van der Waals surface area contributed by atoms with Crippen LogP contribution in [0.1, 0.15) is 45.5 Å². The van der Waals surface area contributed by atoms with Gasteiger partial charge in [0.2, 0.25) is 17.7 Å². The van der Waals surface area contributed by atoms with Gasteiger partial charge in [0, 0.05) is 44.7 Å². The number of amides is 4. The Morgan fingerprint density at radius 3 is 2.69 bits per heavy atom. The maximum Gasteiger partial charge on any atom is 0.255 e. The van der Waals surface area contributed by atoms with Crippen LogP contribution in [0, 0.1) is 6.92 Å². The molecule has 0 spiro atoms. The van der Waals surface area contributed by atoms with Crippen LogP contribution in [0.25, 0.3) is 0 Å². The molecule has 2 N–H and O–H groups in total. The molecule has 5 rings (SSSR count). The van der Waals surface area contributed by atoms with Gasteiger partial charge in [-0.05, 0) is 47.7 Å². The Hall–Kier alpha value is -3.76. The van der Waals surface area contributed by atoms with Crippen molar-refractivity contribution in [1.82, 2.24) is 20.4 Å². The number of carbonyl (C=O) groups is 4. The lowest BCUT2D eigenvalue weighted by molar-refractivity contribution is -0.137. The first-order valence-corrected chi connectivity index (χ1v) is 13.4. The number of nitrogens with zero attached hydrogens (tertiary/aromatic N) is 2. The number of piperidine rings is 1. The maximum atomic E-state index is 12.9. The molecule has 0 bridgehead atoms. The Balaban J connectivity index is 1.12. The van der Waals surface area contributed by atoms with Crippen molar-refractivity contribution in [1.29, 1.82) is 0 Å². The average molecular weight is 535 g/mol. The average Bonchev–Trinajstić information content (AvgIpc) is 3.25. The number of imide groups is 1. The van der Waals surface area contributed by atoms with Gasteiger partial charge in [-0.15, -0.1) is 0 Å². The summed E-state index contributed by atoms with van der Waals surface area (Å²) in [4.78, 5) is 53.1. The van der Waals surface area contributed by atoms with Gasteiger partial charge in [-0.2, -0.15) is 0 Å². The fourth-order valence-electron chi connectivity index (χ4n) is 5.21. The lowest BCUT2D eigenvalue weighted by Crippen LogP contribution is -2.52. The standard InChI is InChI=1S/C29H34N4O6/c1-19-2-3-20(15-25(19)39-13-10-32-8-11-38-12-9-32)16-27(35)30-17-21-4-5-23-22(14-21)18-33(29(23)37)24-6-7-26(34)31-28(24)36/h2-5,14-15,24H,6-13,16-18H2,1H3,(H,30,35)(H,31,34,36). The van der Waals surface area contributed by atoms with Crippen molar-refractivity contribution in [2.24, 2.45) is 0 Å². The van der Waals surface area contributed by atoms with Crippen molar-refractivity contribution in [3.05, 3.63) is 64.2 Å². The van der Waals surface area contributed by atoms with Crippen LogP contribution in [-0.2, 0) is 38.6 Å². The summed E-state index contributed by atoms with van der Waals surface area (Å²) in [6.45, 7) is 7.40. The summed E-state index contributed by atoms with van der Waals surface area (Å²) < 4.78 is 11.4. The van der Waals surface area contributed by atoms with E-state index in [1.807, 2.05) is 37.3 Å². The van der Waals surface area contributed by atoms with Crippen molar-refractivity contribution < 1.29 is 28.7 Å². The van der Waals surface area contributed by atoms with Gasteiger partial charge < -0.3 is 19.7 Å². The Kier molecular flexibility index (Phi) is 8.23. The summed E-state index contributed by atoms with van der Waals surface area (Å²) >= 11 is 0. The number of fused-ring (bicyclic) bond motifs is 1. The van der Waals surface area contributed by atoms with E-state index in [9.17, 15) is 19.2 Å². The molecule has 3 heterocycles. The van der Waals surface area contributed by atoms with E-state index >= 15 is 0 Å². The van der Waals surface area contributed by atoms with E-state index in [4.69, 9.17) is 9.47 Å². The highest BCUT2D eigenvalue weighted by Gasteiger charge is 2.39. The number of aryl methyl sites for hydroxylation is 1. The molecule has 2 saturated heterocycles. The molecule has 2 fully saturated rings. The predicted molar refractivity (Wildman–Crippen MR) is 142 cm³/mol. The summed E-state index contributed by atoms with van der Waals surface area (Å²) in [5.74, 6) is -0.270. The monoisotopic (exact) mass is 534 g/mol. The normalized spacial score (nSPS) is 19.6. The molecule has 2 aromatic rings. The summed E-state index contributed by atoms with van der Waals surface area (Å²) in [5, 5.41) is 5.27. The first kappa shape index (κ1) is 26.8. The van der Waals surface area contributed by atoms with E-state index in [-0.39, 0.29) is 30.6 Å². The number of nitrogens with one attached hydrogen (secondary N) is 2. The summed E-state index contributed by atoms with van der Waals surface area (Å²) in [6, 6.07) is 10.6. The first-order chi connectivity index (χ1) is 18.9. The fraction of sp³-hybridized carbons (Fsp3) is 0.448. The van der Waals surface area contributed by atoms with E-state index in [0.717, 1.165) is 60.9 Å². The molecular weight excluding hydrogens is 500 g/mol. The molecule has 1 atom stereocenters. The van der Waals surface area contributed by atoms with Gasteiger partial charge in [0.25, 0.3) is 5.91 Å². The number of ether oxygens (including phenoxy) is 2. The molecule has 2 aromatic carbocycles. The number of hydrogen-bond acceptors (Lipinski definition) is 7. The molecule has 206 valence electrons. The molecule has 10 heteroatoms. The van der Waals surface area contributed by atoms with Crippen LogP contribution in [0.4, 0.5) is 0 Å². The molecule has 39 heavy (non-hydrogen) atoms. The van der Waals surface area contributed by atoms with Crippen molar-refractivity contribution in [2.75, 3.05) is 39.5 Å². The second-order valence-electron chi connectivity index (χ2n) is 10.2. The van der Waals surface area contributed by atoms with Crippen molar-refractivity contribution >= 4 is 23.6 Å². The lowest BCUT2D eigenvalue weighted by atomic mass is 10.0. The second kappa shape index (κ2) is 12.0. The van der Waals surface area contributed by atoms with E-state index in [0.29, 0.717) is 31.7 Å². The number of rotatable bonds is 9. The third-order valence-electron chi connectivity index (χ3n) is 7.46. The van der Waals surface area contributed by atoms with Crippen LogP contribution >= 0.6 is 0 Å². The molecule has 3 aliphatic heterocycles. The first-order valence-electron chi connectivity index (χ1n) is 13.4. The van der Waals surface area contributed by atoms with Gasteiger partial charge in [-0.25, -0.2) is 0 Å². The maximum absolute atomic E-state index is 12.9. The molecule has 0 radical (unpaired) electrons. The van der Waals surface area contributed by atoms with Gasteiger partial charge in [0.05, 0.1) is 19.6 Å². The lowest BCUT2D eigenvalue weighted by Gasteiger charge is -2.29. The van der Waals surface area contributed by atoms with E-state index in [1.165, 1.54) is 4.90 Å². The zero-order chi connectivity index (χ0) is 27.4. The second-order valence-corrected chi connectivity index (χ2v) is 10.2. The molecular formula is C29H34N4O6. The van der Waals surface area contributed by atoms with Crippen LogP contribution in [0.3, 0.4) is 0 Å². The topological polar surface area (TPSA) is 117 Å². The van der Waals surface area contributed by atoms with Crippen molar-refractivity contribution in [3.63, 3.8) is 0 Å². The van der Waals surface area contributed by atoms with Gasteiger partial charge in [-0.3, -0.25) is 29.4 Å². The molecule has 1 unspecified atom stereocenters. The number of benzene rings is 2. The summed E-state index contributed by atoms with van der Waals surface area (Å²) in [6.07, 6.45) is 0.774. The third-order valence-corrected chi connectivity index (χ3v) is 7.46. The largest absolute Gasteiger partial charge is 0.492 e. The summed E-state index contributed by atoms with van der Waals surface area (Å²) in [5.41, 5.74) is 4.14. The predicted octanol–water partition coefficient (Wildman–Crippen LogP) is 1.33. The SMILES string of the molecule is Cc1ccc(CC(=O)NCc2ccc3c(c2)CN(C2CCC(=O)NC2=O)C3=O)cc1OCCN1CCOCC1. The van der Waals surface area contributed by atoms with Gasteiger partial charge >= 0.3 is 0 Å². The quantitative estimate of drug-likeness (QED) is 0.466. The summed E-state index contributed by atoms with van der Waals surface area (Å²) in [7, 11) is 0. The molecule has 10 nitrogen and oxygen atoms in total. The molecule has 0 aliphatic carbocycles. The highest BCUT2D eigenvalue weighted by Crippen LogP contribution is 2.28. The van der Waals surface area contributed by atoms with Crippen molar-refractivity contribution in [3.8, 4) is 5.75 Å². The van der Waals surface area contributed by atoms with Crippen LogP contribution in [-0.4, -0.2) is 78.9 Å². The van der Waals surface area contributed by atoms with Crippen LogP contribution in [0.2, 0.25) is 0 Å². The zero-order valence-corrected chi connectivity index (χ0v) is 22.2. The highest BCUT2D eigenvalue weighted by atomic mass is 16.5. The van der Waals surface area contributed by atoms with E-state index in [1.54, 1.807) is 6.07 Å². The molecule has 0 aromatic heterocycles. The number of hydrogen-bond donors (Lipinski definition) is 2. The van der Waals surface area contributed by atoms with E-state index in [2.05, 4.69) is 15.5 Å². The minimum atomic E-state index is -0.645. The fourth-order valence-corrected chi connectivity index (χ4v) is 5.21. The molecule has 4 amide bonds. The highest BCUT2D eigenvalue weighted by molar-refractivity contribution is 6.05. The zero-order valence-electron chi connectivity index (χ0n) is 22.2. The Morgan fingerprint density at radius 1 is 1.10 bits per heavy atom. The minimum Gasteiger partial charge on any atom is -0.492 e. The molecule has 3 aliphatic rings. The van der Waals surface area contributed by atoms with Crippen LogP contribution in [0.15, 0.2) is 36.4 Å². The van der Waals surface area contributed by atoms with Crippen molar-refractivity contribution in [2.45, 2.75) is 45.3 Å². The number of morpholine rings is 1. The van der Waals surface area contributed by atoms with Gasteiger partial charge in [0.15, 0.2) is 0 Å². The van der Waals surface area contributed by atoms with E-state index < -0.39 is 11.9 Å². The number of carbonyl (C=O) groups excluding carboxylic acids is 4. The van der Waals surface area contributed by atoms with Crippen LogP contribution < -0.4 is 15.4 Å². The molecule has 0 saturated carbocycles. The Bertz CT molecular complexity index is 1270.